The van der Waals surface area contributed by atoms with E-state index in [1.165, 1.54) is 76.2 Å². The molecule has 2 heteroatoms. The second kappa shape index (κ2) is 11.4. The summed E-state index contributed by atoms with van der Waals surface area (Å²) in [6.45, 7) is 2.27. The Morgan fingerprint density at radius 2 is 1.56 bits per heavy atom. The summed E-state index contributed by atoms with van der Waals surface area (Å²) in [6, 6.07) is 8.32. The number of rotatable bonds is 10. The molecule has 1 saturated carbocycles. The number of hydrogen-bond donors (Lipinski definition) is 0. The van der Waals surface area contributed by atoms with E-state index in [4.69, 9.17) is 0 Å². The lowest BCUT2D eigenvalue weighted by molar-refractivity contribution is 0.302. The van der Waals surface area contributed by atoms with Crippen LogP contribution in [0, 0.1) is 5.92 Å². The van der Waals surface area contributed by atoms with E-state index in [2.05, 4.69) is 19.1 Å². The number of hydrogen-bond acceptors (Lipinski definition) is 0. The van der Waals surface area contributed by atoms with Crippen molar-refractivity contribution < 1.29 is 8.78 Å². The van der Waals surface area contributed by atoms with Gasteiger partial charge in [-0.25, -0.2) is 0 Å². The van der Waals surface area contributed by atoms with E-state index >= 15 is 0 Å². The number of halogens is 2. The molecule has 1 aromatic rings. The molecule has 0 atom stereocenters. The van der Waals surface area contributed by atoms with Crippen molar-refractivity contribution in [2.75, 3.05) is 0 Å². The summed E-state index contributed by atoms with van der Waals surface area (Å²) in [6.07, 6.45) is 14.8. The zero-order valence-electron chi connectivity index (χ0n) is 15.8. The lowest BCUT2D eigenvalue weighted by Crippen LogP contribution is -2.13. The van der Waals surface area contributed by atoms with E-state index in [9.17, 15) is 8.78 Å². The maximum absolute atomic E-state index is 12.2. The van der Waals surface area contributed by atoms with Gasteiger partial charge in [0.15, 0.2) is 0 Å². The van der Waals surface area contributed by atoms with Gasteiger partial charge in [-0.15, -0.1) is 0 Å². The summed E-state index contributed by atoms with van der Waals surface area (Å²) < 4.78 is 24.3. The molecule has 0 N–H and O–H groups in total. The molecule has 0 spiro atoms. The second-order valence-corrected chi connectivity index (χ2v) is 7.71. The molecule has 0 aromatic heterocycles. The molecule has 1 aromatic carbocycles. The van der Waals surface area contributed by atoms with Crippen molar-refractivity contribution in [3.05, 3.63) is 47.5 Å². The molecule has 0 amide bonds. The van der Waals surface area contributed by atoms with Crippen LogP contribution in [0.4, 0.5) is 8.78 Å². The van der Waals surface area contributed by atoms with Crippen LogP contribution >= 0.6 is 0 Å². The third-order valence-corrected chi connectivity index (χ3v) is 5.76. The van der Waals surface area contributed by atoms with Gasteiger partial charge >= 0.3 is 0 Å². The fourth-order valence-corrected chi connectivity index (χ4v) is 4.12. The number of allylic oxidation sites excluding steroid dienone is 1. The molecule has 0 unspecified atom stereocenters. The van der Waals surface area contributed by atoms with Gasteiger partial charge in [-0.1, -0.05) is 76.1 Å². The number of unbranched alkanes of at least 4 members (excludes halogenated alkanes) is 5. The predicted octanol–water partition coefficient (Wildman–Crippen LogP) is 8.03. The highest BCUT2D eigenvalue weighted by atomic mass is 19.3. The summed E-state index contributed by atoms with van der Waals surface area (Å²) in [5.74, 6) is 1.60. The van der Waals surface area contributed by atoms with Crippen LogP contribution in [0.25, 0.3) is 0 Å². The maximum Gasteiger partial charge on any atom is 0.266 e. The van der Waals surface area contributed by atoms with Crippen LogP contribution in [0.5, 0.6) is 0 Å². The van der Waals surface area contributed by atoms with Crippen molar-refractivity contribution in [2.45, 2.75) is 89.9 Å². The molecule has 0 bridgehead atoms. The maximum atomic E-state index is 12.2. The van der Waals surface area contributed by atoms with E-state index in [1.54, 1.807) is 0 Å². The lowest BCUT2D eigenvalue weighted by atomic mass is 9.77. The Morgan fingerprint density at radius 1 is 0.920 bits per heavy atom. The molecule has 0 saturated heterocycles. The number of benzene rings is 1. The first-order valence-corrected chi connectivity index (χ1v) is 10.3. The smallest absolute Gasteiger partial charge is 0.174 e. The van der Waals surface area contributed by atoms with Crippen LogP contribution in [-0.2, 0) is 6.42 Å². The molecule has 0 radical (unpaired) electrons. The van der Waals surface area contributed by atoms with Gasteiger partial charge in [0, 0.05) is 0 Å². The Hall–Kier alpha value is -1.18. The molecule has 0 aliphatic heterocycles. The van der Waals surface area contributed by atoms with Crippen molar-refractivity contribution in [2.24, 2.45) is 5.92 Å². The van der Waals surface area contributed by atoms with Crippen molar-refractivity contribution in [1.29, 1.82) is 0 Å². The van der Waals surface area contributed by atoms with Crippen LogP contribution in [0.15, 0.2) is 36.4 Å². The molecular formula is C23H34F2. The fourth-order valence-electron chi connectivity index (χ4n) is 4.12. The van der Waals surface area contributed by atoms with Crippen molar-refractivity contribution >= 4 is 0 Å². The zero-order chi connectivity index (χ0) is 17.9. The van der Waals surface area contributed by atoms with Gasteiger partial charge in [0.2, 0.25) is 0 Å². The van der Waals surface area contributed by atoms with E-state index in [-0.39, 0.29) is 0 Å². The van der Waals surface area contributed by atoms with E-state index in [0.29, 0.717) is 12.3 Å². The minimum absolute atomic E-state index is 0.327. The quantitative estimate of drug-likeness (QED) is 0.375. The van der Waals surface area contributed by atoms with Crippen molar-refractivity contribution in [3.63, 3.8) is 0 Å². The predicted molar refractivity (Wildman–Crippen MR) is 103 cm³/mol. The molecule has 0 nitrogen and oxygen atoms in total. The first-order chi connectivity index (χ1) is 12.2. The second-order valence-electron chi connectivity index (χ2n) is 7.71. The highest BCUT2D eigenvalue weighted by Gasteiger charge is 2.21. The summed E-state index contributed by atoms with van der Waals surface area (Å²) in [4.78, 5) is 0. The van der Waals surface area contributed by atoms with Crippen LogP contribution in [0.2, 0.25) is 0 Å². The molecule has 1 aliphatic rings. The standard InChI is InChI=1S/C23H34F2/c1-2-3-4-5-6-7-8-19-9-14-21(15-10-19)22-16-11-20(12-17-22)13-18-23(24)25/h11-12,16-19,21H,2-10,13-15H2,1H3/t19-,21-. The largest absolute Gasteiger partial charge is 0.266 e. The van der Waals surface area contributed by atoms with E-state index in [1.807, 2.05) is 12.1 Å². The summed E-state index contributed by atoms with van der Waals surface area (Å²) in [7, 11) is 0. The van der Waals surface area contributed by atoms with Crippen molar-refractivity contribution in [3.8, 4) is 0 Å². The van der Waals surface area contributed by atoms with Gasteiger partial charge in [-0.05, 0) is 61.1 Å². The van der Waals surface area contributed by atoms with Gasteiger partial charge in [0.05, 0.1) is 0 Å². The van der Waals surface area contributed by atoms with Gasteiger partial charge in [0.25, 0.3) is 6.08 Å². The van der Waals surface area contributed by atoms with E-state index < -0.39 is 6.08 Å². The lowest BCUT2D eigenvalue weighted by Gasteiger charge is -2.29. The molecule has 140 valence electrons. The van der Waals surface area contributed by atoms with Gasteiger partial charge in [-0.3, -0.25) is 0 Å². The SMILES string of the molecule is CCCCCCCC[C@H]1CC[C@H](c2ccc(CC=C(F)F)cc2)CC1. The third-order valence-electron chi connectivity index (χ3n) is 5.76. The zero-order valence-corrected chi connectivity index (χ0v) is 15.8. The fraction of sp³-hybridized carbons (Fsp3) is 0.652. The summed E-state index contributed by atoms with van der Waals surface area (Å²) in [5.41, 5.74) is 2.36. The first kappa shape index (κ1) is 20.1. The summed E-state index contributed by atoms with van der Waals surface area (Å²) in [5, 5.41) is 0. The molecule has 0 heterocycles. The molecule has 2 rings (SSSR count). The molecule has 25 heavy (non-hydrogen) atoms. The normalized spacial score (nSPS) is 20.4. The Bertz CT molecular complexity index is 491. The van der Waals surface area contributed by atoms with Crippen LogP contribution in [0.3, 0.4) is 0 Å². The Kier molecular flexibility index (Phi) is 9.21. The van der Waals surface area contributed by atoms with Gasteiger partial charge < -0.3 is 0 Å². The average molecular weight is 349 g/mol. The van der Waals surface area contributed by atoms with Crippen LogP contribution in [0.1, 0.15) is 94.6 Å². The average Bonchev–Trinajstić information content (AvgIpc) is 2.64. The molecule has 1 aliphatic carbocycles. The molecule has 1 fully saturated rings. The topological polar surface area (TPSA) is 0 Å². The third kappa shape index (κ3) is 7.71. The van der Waals surface area contributed by atoms with Gasteiger partial charge in [-0.2, -0.15) is 8.78 Å². The highest BCUT2D eigenvalue weighted by Crippen LogP contribution is 2.37. The van der Waals surface area contributed by atoms with Crippen LogP contribution < -0.4 is 0 Å². The minimum atomic E-state index is -1.59. The van der Waals surface area contributed by atoms with Crippen LogP contribution in [-0.4, -0.2) is 0 Å². The summed E-state index contributed by atoms with van der Waals surface area (Å²) >= 11 is 0. The minimum Gasteiger partial charge on any atom is -0.174 e. The van der Waals surface area contributed by atoms with Gasteiger partial charge in [0.1, 0.15) is 0 Å². The van der Waals surface area contributed by atoms with E-state index in [0.717, 1.165) is 17.6 Å². The Morgan fingerprint density at radius 3 is 2.20 bits per heavy atom. The molecular weight excluding hydrogens is 314 g/mol. The first-order valence-electron chi connectivity index (χ1n) is 10.3. The Labute approximate surface area is 152 Å². The van der Waals surface area contributed by atoms with Crippen molar-refractivity contribution in [1.82, 2.24) is 0 Å². The Balaban J connectivity index is 1.66. The highest BCUT2D eigenvalue weighted by molar-refractivity contribution is 5.27. The monoisotopic (exact) mass is 348 g/mol.